The highest BCUT2D eigenvalue weighted by Crippen LogP contribution is 2.26. The van der Waals surface area contributed by atoms with E-state index in [0.717, 1.165) is 11.3 Å². The second-order valence-corrected chi connectivity index (χ2v) is 5.57. The van der Waals surface area contributed by atoms with Gasteiger partial charge in [-0.3, -0.25) is 0 Å². The summed E-state index contributed by atoms with van der Waals surface area (Å²) >= 11 is 6.47. The number of hydrogen-bond acceptors (Lipinski definition) is 3. The first-order chi connectivity index (χ1) is 9.60. The molecule has 0 N–H and O–H groups in total. The van der Waals surface area contributed by atoms with E-state index >= 15 is 0 Å². The van der Waals surface area contributed by atoms with Crippen molar-refractivity contribution in [3.05, 3.63) is 53.5 Å². The van der Waals surface area contributed by atoms with Crippen LogP contribution in [0, 0.1) is 0 Å². The van der Waals surface area contributed by atoms with Crippen LogP contribution in [0.4, 0.5) is 0 Å². The number of methoxy groups -OCH3 is 1. The van der Waals surface area contributed by atoms with Crippen LogP contribution in [0.5, 0.6) is 5.88 Å². The van der Waals surface area contributed by atoms with E-state index in [-0.39, 0.29) is 5.38 Å². The maximum absolute atomic E-state index is 6.47. The van der Waals surface area contributed by atoms with Crippen molar-refractivity contribution in [2.24, 2.45) is 0 Å². The van der Waals surface area contributed by atoms with Crippen molar-refractivity contribution in [1.29, 1.82) is 0 Å². The fraction of sp³-hybridized carbons (Fsp3) is 0.375. The zero-order valence-corrected chi connectivity index (χ0v) is 12.8. The van der Waals surface area contributed by atoms with Crippen molar-refractivity contribution >= 4 is 11.6 Å². The van der Waals surface area contributed by atoms with Gasteiger partial charge in [-0.1, -0.05) is 38.1 Å². The summed E-state index contributed by atoms with van der Waals surface area (Å²) in [6, 6.07) is 10.3. The van der Waals surface area contributed by atoms with Crippen LogP contribution < -0.4 is 4.74 Å². The lowest BCUT2D eigenvalue weighted by Gasteiger charge is -2.12. The second kappa shape index (κ2) is 6.71. The molecule has 1 heterocycles. The van der Waals surface area contributed by atoms with Crippen molar-refractivity contribution in [3.63, 3.8) is 0 Å². The van der Waals surface area contributed by atoms with Gasteiger partial charge in [-0.25, -0.2) is 9.97 Å². The second-order valence-electron chi connectivity index (χ2n) is 5.04. The number of aromatic nitrogens is 2. The summed E-state index contributed by atoms with van der Waals surface area (Å²) in [5.41, 5.74) is 3.31. The zero-order chi connectivity index (χ0) is 14.5. The molecule has 0 aliphatic carbocycles. The molecule has 1 atom stereocenters. The molecular formula is C16H19ClN2O. The van der Waals surface area contributed by atoms with E-state index in [9.17, 15) is 0 Å². The van der Waals surface area contributed by atoms with Crippen LogP contribution >= 0.6 is 11.6 Å². The first-order valence-electron chi connectivity index (χ1n) is 6.69. The Kier molecular flexibility index (Phi) is 4.96. The van der Waals surface area contributed by atoms with Crippen LogP contribution in [0.1, 0.15) is 42.0 Å². The van der Waals surface area contributed by atoms with Crippen molar-refractivity contribution in [3.8, 4) is 5.88 Å². The average molecular weight is 291 g/mol. The predicted octanol–water partition coefficient (Wildman–Crippen LogP) is 4.13. The van der Waals surface area contributed by atoms with E-state index in [1.54, 1.807) is 7.11 Å². The molecular weight excluding hydrogens is 272 g/mol. The minimum atomic E-state index is -0.101. The first-order valence-corrected chi connectivity index (χ1v) is 7.12. The van der Waals surface area contributed by atoms with Crippen LogP contribution in [0.15, 0.2) is 36.7 Å². The summed E-state index contributed by atoms with van der Waals surface area (Å²) in [5.74, 6) is 1.10. The molecule has 1 aromatic carbocycles. The van der Waals surface area contributed by atoms with E-state index in [0.29, 0.717) is 18.2 Å². The largest absolute Gasteiger partial charge is 0.481 e. The van der Waals surface area contributed by atoms with Crippen LogP contribution in [-0.2, 0) is 6.42 Å². The van der Waals surface area contributed by atoms with Gasteiger partial charge in [0.25, 0.3) is 0 Å². The van der Waals surface area contributed by atoms with Gasteiger partial charge in [-0.2, -0.15) is 0 Å². The van der Waals surface area contributed by atoms with E-state index < -0.39 is 0 Å². The van der Waals surface area contributed by atoms with Crippen molar-refractivity contribution in [2.75, 3.05) is 7.11 Å². The number of halogens is 1. The summed E-state index contributed by atoms with van der Waals surface area (Å²) < 4.78 is 5.09. The van der Waals surface area contributed by atoms with Crippen LogP contribution in [0.3, 0.4) is 0 Å². The fourth-order valence-electron chi connectivity index (χ4n) is 1.99. The Bertz CT molecular complexity index is 555. The molecule has 0 bridgehead atoms. The molecule has 0 amide bonds. The van der Waals surface area contributed by atoms with Crippen molar-refractivity contribution in [1.82, 2.24) is 9.97 Å². The molecule has 2 aromatic rings. The van der Waals surface area contributed by atoms with E-state index in [4.69, 9.17) is 16.3 Å². The third-order valence-corrected chi connectivity index (χ3v) is 3.67. The number of hydrogen-bond donors (Lipinski definition) is 0. The van der Waals surface area contributed by atoms with Crippen LogP contribution in [0.25, 0.3) is 0 Å². The van der Waals surface area contributed by atoms with Gasteiger partial charge in [0, 0.05) is 18.2 Å². The Hall–Kier alpha value is -1.61. The lowest BCUT2D eigenvalue weighted by Crippen LogP contribution is -2.00. The Morgan fingerprint density at radius 2 is 1.75 bits per heavy atom. The topological polar surface area (TPSA) is 35.0 Å². The average Bonchev–Trinajstić information content (AvgIpc) is 2.47. The number of rotatable bonds is 5. The molecule has 3 nitrogen and oxygen atoms in total. The Morgan fingerprint density at radius 1 is 1.10 bits per heavy atom. The zero-order valence-electron chi connectivity index (χ0n) is 12.0. The minimum absolute atomic E-state index is 0.101. The maximum atomic E-state index is 6.47. The van der Waals surface area contributed by atoms with Gasteiger partial charge in [-0.05, 0) is 17.0 Å². The molecule has 0 saturated carbocycles. The molecule has 0 fully saturated rings. The molecule has 0 radical (unpaired) electrons. The van der Waals surface area contributed by atoms with Crippen LogP contribution in [0.2, 0.25) is 0 Å². The third-order valence-electron chi connectivity index (χ3n) is 3.26. The summed E-state index contributed by atoms with van der Waals surface area (Å²) in [6.45, 7) is 4.36. The van der Waals surface area contributed by atoms with E-state index in [1.165, 1.54) is 11.9 Å². The molecule has 106 valence electrons. The monoisotopic (exact) mass is 290 g/mol. The summed E-state index contributed by atoms with van der Waals surface area (Å²) in [6.07, 6.45) is 2.15. The SMILES string of the molecule is COc1cc(CC(Cl)c2ccc(C(C)C)cc2)ncn1. The highest BCUT2D eigenvalue weighted by molar-refractivity contribution is 6.20. The maximum Gasteiger partial charge on any atom is 0.216 e. The van der Waals surface area contributed by atoms with Crippen molar-refractivity contribution < 1.29 is 4.74 Å². The molecule has 0 spiro atoms. The summed E-state index contributed by atoms with van der Waals surface area (Å²) in [4.78, 5) is 8.22. The molecule has 0 aliphatic heterocycles. The van der Waals surface area contributed by atoms with Gasteiger partial charge in [0.1, 0.15) is 6.33 Å². The number of ether oxygens (including phenoxy) is 1. The van der Waals surface area contributed by atoms with Gasteiger partial charge in [0.05, 0.1) is 12.5 Å². The number of nitrogens with zero attached hydrogens (tertiary/aromatic N) is 2. The lowest BCUT2D eigenvalue weighted by atomic mass is 9.99. The number of benzene rings is 1. The van der Waals surface area contributed by atoms with E-state index in [1.807, 2.05) is 6.07 Å². The lowest BCUT2D eigenvalue weighted by molar-refractivity contribution is 0.396. The fourth-order valence-corrected chi connectivity index (χ4v) is 2.30. The molecule has 0 aliphatic rings. The van der Waals surface area contributed by atoms with Gasteiger partial charge in [0.15, 0.2) is 0 Å². The van der Waals surface area contributed by atoms with Gasteiger partial charge >= 0.3 is 0 Å². The quantitative estimate of drug-likeness (QED) is 0.777. The Morgan fingerprint density at radius 3 is 2.35 bits per heavy atom. The third kappa shape index (κ3) is 3.70. The smallest absolute Gasteiger partial charge is 0.216 e. The highest BCUT2D eigenvalue weighted by Gasteiger charge is 2.11. The summed E-state index contributed by atoms with van der Waals surface area (Å²) in [5, 5.41) is -0.101. The molecule has 20 heavy (non-hydrogen) atoms. The van der Waals surface area contributed by atoms with Crippen molar-refractivity contribution in [2.45, 2.75) is 31.6 Å². The highest BCUT2D eigenvalue weighted by atomic mass is 35.5. The molecule has 1 unspecified atom stereocenters. The molecule has 0 saturated heterocycles. The van der Waals surface area contributed by atoms with E-state index in [2.05, 4.69) is 48.1 Å². The molecule has 1 aromatic heterocycles. The predicted molar refractivity (Wildman–Crippen MR) is 81.4 cm³/mol. The Balaban J connectivity index is 2.08. The molecule has 4 heteroatoms. The van der Waals surface area contributed by atoms with Crippen LogP contribution in [-0.4, -0.2) is 17.1 Å². The minimum Gasteiger partial charge on any atom is -0.481 e. The number of alkyl halides is 1. The standard InChI is InChI=1S/C16H19ClN2O/c1-11(2)12-4-6-13(7-5-12)15(17)8-14-9-16(20-3)19-10-18-14/h4-7,9-11,15H,8H2,1-3H3. The van der Waals surface area contributed by atoms with Gasteiger partial charge in [-0.15, -0.1) is 11.6 Å². The molecule has 2 rings (SSSR count). The van der Waals surface area contributed by atoms with Gasteiger partial charge in [0.2, 0.25) is 5.88 Å². The normalized spacial score (nSPS) is 12.4. The first kappa shape index (κ1) is 14.8. The summed E-state index contributed by atoms with van der Waals surface area (Å²) in [7, 11) is 1.59. The Labute approximate surface area is 125 Å². The van der Waals surface area contributed by atoms with Gasteiger partial charge < -0.3 is 4.74 Å².